The number of aromatic hydroxyl groups is 1. The van der Waals surface area contributed by atoms with E-state index in [1.807, 2.05) is 6.07 Å². The maximum absolute atomic E-state index is 12.3. The zero-order valence-corrected chi connectivity index (χ0v) is 13.3. The van der Waals surface area contributed by atoms with Crippen molar-refractivity contribution in [2.75, 3.05) is 0 Å². The molecule has 1 atom stereocenters. The summed E-state index contributed by atoms with van der Waals surface area (Å²) in [5, 5.41) is 21.9. The number of carboxylic acids is 1. The summed E-state index contributed by atoms with van der Waals surface area (Å²) in [6.07, 6.45) is 0.315. The summed E-state index contributed by atoms with van der Waals surface area (Å²) in [7, 11) is 0. The van der Waals surface area contributed by atoms with Gasteiger partial charge in [-0.25, -0.2) is 4.79 Å². The average molecular weight is 328 g/mol. The van der Waals surface area contributed by atoms with Gasteiger partial charge in [-0.05, 0) is 42.7 Å². The van der Waals surface area contributed by atoms with Crippen molar-refractivity contribution < 1.29 is 19.8 Å². The Morgan fingerprint density at radius 3 is 2.58 bits per heavy atom. The third-order valence-corrected chi connectivity index (χ3v) is 3.68. The van der Waals surface area contributed by atoms with Crippen LogP contribution in [0.1, 0.15) is 38.8 Å². The van der Waals surface area contributed by atoms with Gasteiger partial charge in [0, 0.05) is 18.2 Å². The third kappa shape index (κ3) is 4.11. The van der Waals surface area contributed by atoms with Crippen LogP contribution in [0, 0.1) is 0 Å². The van der Waals surface area contributed by atoms with Crippen LogP contribution in [-0.2, 0) is 13.0 Å². The van der Waals surface area contributed by atoms with Crippen molar-refractivity contribution >= 4 is 11.9 Å². The van der Waals surface area contributed by atoms with Crippen LogP contribution in [0.4, 0.5) is 0 Å². The topological polar surface area (TPSA) is 113 Å². The molecule has 0 radical (unpaired) electrons. The minimum atomic E-state index is -1.19. The molecule has 6 heteroatoms. The lowest BCUT2D eigenvalue weighted by Gasteiger charge is -2.16. The van der Waals surface area contributed by atoms with Crippen molar-refractivity contribution in [1.82, 2.24) is 5.32 Å². The van der Waals surface area contributed by atoms with Crippen molar-refractivity contribution in [1.29, 1.82) is 0 Å². The fourth-order valence-electron chi connectivity index (χ4n) is 2.46. The monoisotopic (exact) mass is 328 g/mol. The Labute approximate surface area is 139 Å². The smallest absolute Gasteiger partial charge is 0.339 e. The number of para-hydroxylation sites is 1. The standard InChI is InChI=1S/C18H20N2O4/c1-11(8-13-5-3-7-15(16(13)21)18(23)24)20-17(22)14-6-2-4-12(9-14)10-19/h2-7,9,11,21H,8,10,19H2,1H3,(H,20,22)(H,23,24)/t11-/m1/s1. The number of amides is 1. The molecule has 5 N–H and O–H groups in total. The number of hydrogen-bond acceptors (Lipinski definition) is 4. The number of benzene rings is 2. The number of nitrogens with one attached hydrogen (secondary N) is 1. The molecule has 1 amide bonds. The molecule has 2 aromatic rings. The Bertz CT molecular complexity index is 758. The van der Waals surface area contributed by atoms with Gasteiger partial charge in [0.2, 0.25) is 0 Å². The Kier molecular flexibility index (Phi) is 5.55. The molecule has 0 bridgehead atoms. The van der Waals surface area contributed by atoms with Gasteiger partial charge in [-0.15, -0.1) is 0 Å². The van der Waals surface area contributed by atoms with Crippen molar-refractivity contribution in [3.8, 4) is 5.75 Å². The molecular formula is C18H20N2O4. The Morgan fingerprint density at radius 1 is 1.21 bits per heavy atom. The number of nitrogens with two attached hydrogens (primary N) is 1. The molecule has 2 aromatic carbocycles. The fraction of sp³-hybridized carbons (Fsp3) is 0.222. The first-order valence-corrected chi connectivity index (χ1v) is 7.56. The largest absolute Gasteiger partial charge is 0.507 e. The first kappa shape index (κ1) is 17.5. The summed E-state index contributed by atoms with van der Waals surface area (Å²) in [5.74, 6) is -1.70. The lowest BCUT2D eigenvalue weighted by Crippen LogP contribution is -2.34. The van der Waals surface area contributed by atoms with Crippen LogP contribution >= 0.6 is 0 Å². The molecule has 0 saturated carbocycles. The zero-order valence-electron chi connectivity index (χ0n) is 13.3. The van der Waals surface area contributed by atoms with Crippen LogP contribution in [0.3, 0.4) is 0 Å². The van der Waals surface area contributed by atoms with E-state index < -0.39 is 5.97 Å². The highest BCUT2D eigenvalue weighted by Crippen LogP contribution is 2.23. The molecule has 0 aliphatic rings. The summed E-state index contributed by atoms with van der Waals surface area (Å²) in [6, 6.07) is 11.3. The van der Waals surface area contributed by atoms with Gasteiger partial charge in [0.1, 0.15) is 11.3 Å². The van der Waals surface area contributed by atoms with Crippen molar-refractivity contribution in [2.24, 2.45) is 5.73 Å². The van der Waals surface area contributed by atoms with Crippen LogP contribution in [0.2, 0.25) is 0 Å². The van der Waals surface area contributed by atoms with E-state index in [2.05, 4.69) is 5.32 Å². The highest BCUT2D eigenvalue weighted by atomic mass is 16.4. The second kappa shape index (κ2) is 7.61. The SMILES string of the molecule is C[C@H](Cc1cccc(C(=O)O)c1O)NC(=O)c1cccc(CN)c1. The van der Waals surface area contributed by atoms with Crippen molar-refractivity contribution in [3.63, 3.8) is 0 Å². The van der Waals surface area contributed by atoms with Crippen molar-refractivity contribution in [3.05, 3.63) is 64.7 Å². The number of rotatable bonds is 6. The van der Waals surface area contributed by atoms with E-state index in [-0.39, 0.29) is 23.3 Å². The number of hydrogen-bond donors (Lipinski definition) is 4. The van der Waals surface area contributed by atoms with E-state index >= 15 is 0 Å². The molecule has 0 fully saturated rings. The van der Waals surface area contributed by atoms with Crippen LogP contribution in [0.25, 0.3) is 0 Å². The highest BCUT2D eigenvalue weighted by molar-refractivity contribution is 5.94. The first-order valence-electron chi connectivity index (χ1n) is 7.56. The Hall–Kier alpha value is -2.86. The van der Waals surface area contributed by atoms with Crippen LogP contribution in [-0.4, -0.2) is 28.1 Å². The van der Waals surface area contributed by atoms with Crippen LogP contribution in [0.15, 0.2) is 42.5 Å². The van der Waals surface area contributed by atoms with E-state index in [1.54, 1.807) is 37.3 Å². The van der Waals surface area contributed by atoms with Crippen LogP contribution < -0.4 is 11.1 Å². The lowest BCUT2D eigenvalue weighted by molar-refractivity contribution is 0.0693. The highest BCUT2D eigenvalue weighted by Gasteiger charge is 2.16. The van der Waals surface area contributed by atoms with Gasteiger partial charge >= 0.3 is 5.97 Å². The van der Waals surface area contributed by atoms with Crippen molar-refractivity contribution in [2.45, 2.75) is 25.9 Å². The van der Waals surface area contributed by atoms with Gasteiger partial charge in [-0.1, -0.05) is 24.3 Å². The van der Waals surface area contributed by atoms with E-state index in [0.717, 1.165) is 5.56 Å². The van der Waals surface area contributed by atoms with Gasteiger partial charge in [-0.3, -0.25) is 4.79 Å². The lowest BCUT2D eigenvalue weighted by atomic mass is 10.0. The molecule has 6 nitrogen and oxygen atoms in total. The first-order chi connectivity index (χ1) is 11.4. The molecule has 0 saturated heterocycles. The normalized spacial score (nSPS) is 11.8. The number of phenols is 1. The van der Waals surface area contributed by atoms with Gasteiger partial charge in [0.25, 0.3) is 5.91 Å². The number of carbonyl (C=O) groups excluding carboxylic acids is 1. The van der Waals surface area contributed by atoms with Gasteiger partial charge in [0.15, 0.2) is 0 Å². The Morgan fingerprint density at radius 2 is 1.92 bits per heavy atom. The molecular weight excluding hydrogens is 308 g/mol. The van der Waals surface area contributed by atoms with Crippen LogP contribution in [0.5, 0.6) is 5.75 Å². The van der Waals surface area contributed by atoms with Gasteiger partial charge in [-0.2, -0.15) is 0 Å². The summed E-state index contributed by atoms with van der Waals surface area (Å²) >= 11 is 0. The number of aromatic carboxylic acids is 1. The summed E-state index contributed by atoms with van der Waals surface area (Å²) in [5.41, 5.74) is 7.26. The van der Waals surface area contributed by atoms with E-state index in [0.29, 0.717) is 24.1 Å². The number of carboxylic acid groups (broad SMARTS) is 1. The van der Waals surface area contributed by atoms with Gasteiger partial charge < -0.3 is 21.3 Å². The van der Waals surface area contributed by atoms with E-state index in [9.17, 15) is 14.7 Å². The summed E-state index contributed by atoms with van der Waals surface area (Å²) < 4.78 is 0. The molecule has 0 unspecified atom stereocenters. The van der Waals surface area contributed by atoms with Gasteiger partial charge in [0.05, 0.1) is 0 Å². The maximum Gasteiger partial charge on any atom is 0.339 e. The molecule has 24 heavy (non-hydrogen) atoms. The predicted molar refractivity (Wildman–Crippen MR) is 90.0 cm³/mol. The second-order valence-corrected chi connectivity index (χ2v) is 5.60. The minimum Gasteiger partial charge on any atom is -0.507 e. The average Bonchev–Trinajstić information content (AvgIpc) is 2.56. The van der Waals surface area contributed by atoms with E-state index in [1.165, 1.54) is 6.07 Å². The minimum absolute atomic E-state index is 0.151. The quantitative estimate of drug-likeness (QED) is 0.647. The Balaban J connectivity index is 2.08. The molecule has 2 rings (SSSR count). The molecule has 0 heterocycles. The molecule has 0 aliphatic heterocycles. The third-order valence-electron chi connectivity index (χ3n) is 3.68. The maximum atomic E-state index is 12.3. The molecule has 0 spiro atoms. The predicted octanol–water partition coefficient (Wildman–Crippen LogP) is 1.91. The van der Waals surface area contributed by atoms with E-state index in [4.69, 9.17) is 10.8 Å². The zero-order chi connectivity index (χ0) is 17.7. The second-order valence-electron chi connectivity index (χ2n) is 5.60. The number of carbonyl (C=O) groups is 2. The fourth-order valence-corrected chi connectivity index (χ4v) is 2.46. The molecule has 0 aliphatic carbocycles. The summed E-state index contributed by atoms with van der Waals surface area (Å²) in [4.78, 5) is 23.3. The molecule has 126 valence electrons. The summed E-state index contributed by atoms with van der Waals surface area (Å²) in [6.45, 7) is 2.14. The molecule has 0 aromatic heterocycles.